The minimum atomic E-state index is 0.311. The van der Waals surface area contributed by atoms with E-state index in [1.807, 2.05) is 12.1 Å². The average Bonchev–Trinajstić information content (AvgIpc) is 3.16. The molecule has 0 N–H and O–H groups in total. The van der Waals surface area contributed by atoms with Crippen LogP contribution in [0.4, 0.5) is 0 Å². The molecule has 0 radical (unpaired) electrons. The Morgan fingerprint density at radius 2 is 1.77 bits per heavy atom. The second-order valence-corrected chi connectivity index (χ2v) is 6.24. The molecule has 2 fully saturated rings. The standard InChI is InChI=1S/C17H20N2O3/c1-20-15-7-12-13(8-16(15)21-2)19-17(9-18-12)22-14-6-10-3-4-11(14)5-10/h7-11,14H,3-6H2,1-2H3/t10-,11+,14-/m0/s1. The van der Waals surface area contributed by atoms with Gasteiger partial charge >= 0.3 is 0 Å². The highest BCUT2D eigenvalue weighted by Gasteiger charge is 2.41. The van der Waals surface area contributed by atoms with Crippen molar-refractivity contribution >= 4 is 11.0 Å². The molecular weight excluding hydrogens is 280 g/mol. The Bertz CT molecular complexity index is 704. The minimum absolute atomic E-state index is 0.311. The van der Waals surface area contributed by atoms with Gasteiger partial charge in [0.05, 0.1) is 31.4 Å². The lowest BCUT2D eigenvalue weighted by Gasteiger charge is -2.22. The highest BCUT2D eigenvalue weighted by molar-refractivity contribution is 5.79. The van der Waals surface area contributed by atoms with E-state index in [0.717, 1.165) is 23.4 Å². The van der Waals surface area contributed by atoms with Crippen molar-refractivity contribution in [3.8, 4) is 17.4 Å². The smallest absolute Gasteiger partial charge is 0.233 e. The Morgan fingerprint density at radius 3 is 2.41 bits per heavy atom. The van der Waals surface area contributed by atoms with Crippen molar-refractivity contribution in [2.24, 2.45) is 11.8 Å². The number of fused-ring (bicyclic) bond motifs is 3. The number of nitrogens with zero attached hydrogens (tertiary/aromatic N) is 2. The molecule has 1 aromatic carbocycles. The van der Waals surface area contributed by atoms with Gasteiger partial charge in [0.1, 0.15) is 6.10 Å². The summed E-state index contributed by atoms with van der Waals surface area (Å²) < 4.78 is 16.7. The van der Waals surface area contributed by atoms with Crippen LogP contribution in [0.3, 0.4) is 0 Å². The van der Waals surface area contributed by atoms with Crippen molar-refractivity contribution in [2.45, 2.75) is 31.8 Å². The second kappa shape index (κ2) is 5.30. The molecule has 0 aliphatic heterocycles. The van der Waals surface area contributed by atoms with Gasteiger partial charge < -0.3 is 14.2 Å². The molecular formula is C17H20N2O3. The molecule has 0 amide bonds. The molecule has 116 valence electrons. The van der Waals surface area contributed by atoms with Crippen LogP contribution in [-0.2, 0) is 0 Å². The third-order valence-electron chi connectivity index (χ3n) is 4.97. The van der Waals surface area contributed by atoms with Crippen molar-refractivity contribution in [3.63, 3.8) is 0 Å². The maximum Gasteiger partial charge on any atom is 0.233 e. The van der Waals surface area contributed by atoms with Crippen LogP contribution in [0.5, 0.6) is 17.4 Å². The summed E-state index contributed by atoms with van der Waals surface area (Å²) in [6.45, 7) is 0. The van der Waals surface area contributed by atoms with Gasteiger partial charge in [-0.3, -0.25) is 0 Å². The predicted molar refractivity (Wildman–Crippen MR) is 82.5 cm³/mol. The molecule has 0 unspecified atom stereocenters. The van der Waals surface area contributed by atoms with E-state index in [0.29, 0.717) is 29.4 Å². The summed E-state index contributed by atoms with van der Waals surface area (Å²) in [7, 11) is 3.23. The van der Waals surface area contributed by atoms with Gasteiger partial charge in [0.15, 0.2) is 11.5 Å². The fourth-order valence-electron chi connectivity index (χ4n) is 3.87. The summed E-state index contributed by atoms with van der Waals surface area (Å²) in [5, 5.41) is 0. The Labute approximate surface area is 129 Å². The summed E-state index contributed by atoms with van der Waals surface area (Å²) in [5.41, 5.74) is 1.54. The van der Waals surface area contributed by atoms with Gasteiger partial charge in [-0.1, -0.05) is 0 Å². The maximum absolute atomic E-state index is 6.10. The quantitative estimate of drug-likeness (QED) is 0.868. The fourth-order valence-corrected chi connectivity index (χ4v) is 3.87. The molecule has 2 saturated carbocycles. The molecule has 22 heavy (non-hydrogen) atoms. The van der Waals surface area contributed by atoms with E-state index in [-0.39, 0.29) is 0 Å². The van der Waals surface area contributed by atoms with Crippen LogP contribution >= 0.6 is 0 Å². The fraction of sp³-hybridized carbons (Fsp3) is 0.529. The topological polar surface area (TPSA) is 53.5 Å². The van der Waals surface area contributed by atoms with E-state index < -0.39 is 0 Å². The number of ether oxygens (including phenoxy) is 3. The lowest BCUT2D eigenvalue weighted by Crippen LogP contribution is -2.23. The van der Waals surface area contributed by atoms with Crippen LogP contribution in [0, 0.1) is 11.8 Å². The first-order valence-corrected chi connectivity index (χ1v) is 7.82. The summed E-state index contributed by atoms with van der Waals surface area (Å²) in [6.07, 6.45) is 7.16. The first-order valence-electron chi connectivity index (χ1n) is 7.82. The molecule has 3 atom stereocenters. The third kappa shape index (κ3) is 2.25. The molecule has 0 spiro atoms. The zero-order valence-corrected chi connectivity index (χ0v) is 12.9. The van der Waals surface area contributed by atoms with Crippen LogP contribution in [0.15, 0.2) is 18.3 Å². The number of hydrogen-bond donors (Lipinski definition) is 0. The number of methoxy groups -OCH3 is 2. The van der Waals surface area contributed by atoms with Crippen molar-refractivity contribution in [2.75, 3.05) is 14.2 Å². The lowest BCUT2D eigenvalue weighted by molar-refractivity contribution is 0.132. The number of aromatic nitrogens is 2. The zero-order valence-electron chi connectivity index (χ0n) is 12.9. The first-order chi connectivity index (χ1) is 10.8. The summed E-state index contributed by atoms with van der Waals surface area (Å²) >= 11 is 0. The van der Waals surface area contributed by atoms with Crippen molar-refractivity contribution in [1.29, 1.82) is 0 Å². The molecule has 0 saturated heterocycles. The van der Waals surface area contributed by atoms with Gasteiger partial charge in [0.25, 0.3) is 0 Å². The van der Waals surface area contributed by atoms with Crippen LogP contribution in [0.1, 0.15) is 25.7 Å². The van der Waals surface area contributed by atoms with E-state index in [9.17, 15) is 0 Å². The Morgan fingerprint density at radius 1 is 1.00 bits per heavy atom. The van der Waals surface area contributed by atoms with Crippen LogP contribution < -0.4 is 14.2 Å². The molecule has 1 aromatic heterocycles. The highest BCUT2D eigenvalue weighted by Crippen LogP contribution is 2.45. The zero-order chi connectivity index (χ0) is 15.1. The summed E-state index contributed by atoms with van der Waals surface area (Å²) in [6, 6.07) is 3.68. The van der Waals surface area contributed by atoms with Crippen LogP contribution in [0.2, 0.25) is 0 Å². The van der Waals surface area contributed by atoms with Gasteiger partial charge in [0.2, 0.25) is 5.88 Å². The SMILES string of the molecule is COc1cc2ncc(O[C@H]3C[C@H]4CC[C@@H]3C4)nc2cc1OC. The highest BCUT2D eigenvalue weighted by atomic mass is 16.5. The monoisotopic (exact) mass is 300 g/mol. The molecule has 2 aliphatic carbocycles. The summed E-state index contributed by atoms with van der Waals surface area (Å²) in [5.74, 6) is 3.48. The van der Waals surface area contributed by atoms with Crippen molar-refractivity contribution in [1.82, 2.24) is 9.97 Å². The maximum atomic E-state index is 6.10. The predicted octanol–water partition coefficient (Wildman–Crippen LogP) is 3.21. The molecule has 1 heterocycles. The number of benzene rings is 1. The van der Waals surface area contributed by atoms with Gasteiger partial charge in [-0.05, 0) is 37.5 Å². The van der Waals surface area contributed by atoms with E-state index >= 15 is 0 Å². The molecule has 2 bridgehead atoms. The van der Waals surface area contributed by atoms with Crippen LogP contribution in [0.25, 0.3) is 11.0 Å². The Balaban J connectivity index is 1.62. The molecule has 2 aliphatic rings. The molecule has 4 rings (SSSR count). The van der Waals surface area contributed by atoms with Crippen LogP contribution in [-0.4, -0.2) is 30.3 Å². The van der Waals surface area contributed by atoms with E-state index in [4.69, 9.17) is 14.2 Å². The lowest BCUT2D eigenvalue weighted by atomic mass is 9.98. The molecule has 5 heteroatoms. The van der Waals surface area contributed by atoms with Crippen molar-refractivity contribution in [3.05, 3.63) is 18.3 Å². The van der Waals surface area contributed by atoms with Gasteiger partial charge in [-0.15, -0.1) is 0 Å². The second-order valence-electron chi connectivity index (χ2n) is 6.24. The molecule has 5 nitrogen and oxygen atoms in total. The Hall–Kier alpha value is -2.04. The van der Waals surface area contributed by atoms with E-state index in [2.05, 4.69) is 9.97 Å². The van der Waals surface area contributed by atoms with E-state index in [1.165, 1.54) is 19.3 Å². The van der Waals surface area contributed by atoms with Gasteiger partial charge in [-0.2, -0.15) is 0 Å². The normalized spacial score (nSPS) is 26.4. The summed E-state index contributed by atoms with van der Waals surface area (Å²) in [4.78, 5) is 9.03. The average molecular weight is 300 g/mol. The van der Waals surface area contributed by atoms with E-state index in [1.54, 1.807) is 20.4 Å². The number of rotatable bonds is 4. The minimum Gasteiger partial charge on any atom is -0.493 e. The number of hydrogen-bond acceptors (Lipinski definition) is 5. The largest absolute Gasteiger partial charge is 0.493 e. The molecule has 2 aromatic rings. The van der Waals surface area contributed by atoms with Crippen molar-refractivity contribution < 1.29 is 14.2 Å². The van der Waals surface area contributed by atoms with Gasteiger partial charge in [-0.25, -0.2) is 9.97 Å². The first kappa shape index (κ1) is 13.6. The third-order valence-corrected chi connectivity index (χ3v) is 4.97. The Kier molecular flexibility index (Phi) is 3.28. The van der Waals surface area contributed by atoms with Gasteiger partial charge in [0, 0.05) is 12.1 Å².